The number of hydrogen-bond acceptors (Lipinski definition) is 8. The van der Waals surface area contributed by atoms with E-state index in [2.05, 4.69) is 15.5 Å². The molecule has 1 aromatic heterocycles. The third kappa shape index (κ3) is 3.62. The van der Waals surface area contributed by atoms with Crippen molar-refractivity contribution >= 4 is 10.0 Å². The summed E-state index contributed by atoms with van der Waals surface area (Å²) in [4.78, 5) is 2.23. The van der Waals surface area contributed by atoms with Crippen LogP contribution in [0.25, 0.3) is 0 Å². The molecule has 28 heavy (non-hydrogen) atoms. The Kier molecular flexibility index (Phi) is 5.98. The first-order chi connectivity index (χ1) is 13.3. The van der Waals surface area contributed by atoms with Crippen molar-refractivity contribution in [1.29, 1.82) is 0 Å². The number of benzene rings is 1. The molecule has 0 bridgehead atoms. The Bertz CT molecular complexity index is 899. The summed E-state index contributed by atoms with van der Waals surface area (Å²) in [5.41, 5.74) is -0.614. The van der Waals surface area contributed by atoms with Crippen molar-refractivity contribution in [3.05, 3.63) is 30.1 Å². The number of methoxy groups -OCH3 is 2. The van der Waals surface area contributed by atoms with Gasteiger partial charge in [0.1, 0.15) is 5.75 Å². The fraction of sp³-hybridized carbons (Fsp3) is 0.588. The highest BCUT2D eigenvalue weighted by Gasteiger charge is 2.49. The molecule has 0 radical (unpaired) electrons. The van der Waals surface area contributed by atoms with Gasteiger partial charge in [0, 0.05) is 20.2 Å². The molecule has 154 valence electrons. The minimum atomic E-state index is -3.64. The lowest BCUT2D eigenvalue weighted by atomic mass is 9.96. The van der Waals surface area contributed by atoms with Crippen molar-refractivity contribution in [1.82, 2.24) is 29.4 Å². The molecule has 2 heterocycles. The van der Waals surface area contributed by atoms with Gasteiger partial charge in [-0.25, -0.2) is 13.1 Å². The van der Waals surface area contributed by atoms with Crippen LogP contribution >= 0.6 is 0 Å². The second-order valence-corrected chi connectivity index (χ2v) is 8.85. The predicted octanol–water partition coefficient (Wildman–Crippen LogP) is 0.180. The maximum absolute atomic E-state index is 13.2. The lowest BCUT2D eigenvalue weighted by Crippen LogP contribution is -2.47. The topological polar surface area (TPSA) is 103 Å². The van der Waals surface area contributed by atoms with Gasteiger partial charge < -0.3 is 9.47 Å². The van der Waals surface area contributed by atoms with Gasteiger partial charge in [-0.2, -0.15) is 4.31 Å². The van der Waals surface area contributed by atoms with Crippen molar-refractivity contribution in [2.24, 2.45) is 0 Å². The lowest BCUT2D eigenvalue weighted by Gasteiger charge is -2.34. The van der Waals surface area contributed by atoms with E-state index in [9.17, 15) is 8.42 Å². The molecule has 0 amide bonds. The van der Waals surface area contributed by atoms with E-state index < -0.39 is 15.6 Å². The smallest absolute Gasteiger partial charge is 0.243 e. The monoisotopic (exact) mass is 410 g/mol. The minimum absolute atomic E-state index is 0.238. The highest BCUT2D eigenvalue weighted by molar-refractivity contribution is 7.89. The molecule has 1 unspecified atom stereocenters. The zero-order valence-corrected chi connectivity index (χ0v) is 17.4. The number of sulfonamides is 1. The van der Waals surface area contributed by atoms with Crippen LogP contribution in [0.1, 0.15) is 12.2 Å². The fourth-order valence-electron chi connectivity index (χ4n) is 3.48. The summed E-state index contributed by atoms with van der Waals surface area (Å²) in [5, 5.41) is 12.1. The first-order valence-corrected chi connectivity index (χ1v) is 10.4. The van der Waals surface area contributed by atoms with E-state index in [0.29, 0.717) is 37.7 Å². The highest BCUT2D eigenvalue weighted by Crippen LogP contribution is 2.37. The van der Waals surface area contributed by atoms with Crippen molar-refractivity contribution in [2.75, 3.05) is 48.0 Å². The molecule has 1 saturated heterocycles. The Hall–Kier alpha value is -2.08. The maximum Gasteiger partial charge on any atom is 0.243 e. The van der Waals surface area contributed by atoms with Crippen LogP contribution in [-0.2, 0) is 26.8 Å². The van der Waals surface area contributed by atoms with Crippen LogP contribution < -0.4 is 4.74 Å². The Labute approximate surface area is 165 Å². The molecule has 11 heteroatoms. The van der Waals surface area contributed by atoms with E-state index in [1.165, 1.54) is 4.31 Å². The molecule has 1 aromatic carbocycles. The molecule has 10 nitrogen and oxygen atoms in total. The lowest BCUT2D eigenvalue weighted by molar-refractivity contribution is 0.138. The first kappa shape index (κ1) is 20.6. The molecule has 0 N–H and O–H groups in total. The highest BCUT2D eigenvalue weighted by atomic mass is 32.2. The zero-order chi connectivity index (χ0) is 20.4. The van der Waals surface area contributed by atoms with Crippen LogP contribution in [0.2, 0.25) is 0 Å². The van der Waals surface area contributed by atoms with Crippen molar-refractivity contribution < 1.29 is 17.9 Å². The molecule has 0 saturated carbocycles. The van der Waals surface area contributed by atoms with Crippen LogP contribution in [-0.4, -0.2) is 85.8 Å². The molecule has 0 spiro atoms. The summed E-state index contributed by atoms with van der Waals surface area (Å²) >= 11 is 0. The molecule has 3 rings (SSSR count). The molecule has 1 aliphatic rings. The van der Waals surface area contributed by atoms with Gasteiger partial charge >= 0.3 is 0 Å². The minimum Gasteiger partial charge on any atom is -0.497 e. The SMILES string of the molecule is COCCn1nnnc1C1(N(C)C)CCN(S(=O)(=O)c2ccc(OC)cc2)C1. The second kappa shape index (κ2) is 8.11. The van der Waals surface area contributed by atoms with Crippen LogP contribution in [0.3, 0.4) is 0 Å². The van der Waals surface area contributed by atoms with Crippen LogP contribution in [0.5, 0.6) is 5.75 Å². The van der Waals surface area contributed by atoms with Gasteiger partial charge in [-0.1, -0.05) is 0 Å². The van der Waals surface area contributed by atoms with Crippen LogP contribution in [0, 0.1) is 0 Å². The van der Waals surface area contributed by atoms with Gasteiger partial charge in [0.25, 0.3) is 0 Å². The number of tetrazole rings is 1. The number of rotatable bonds is 8. The van der Waals surface area contributed by atoms with E-state index in [-0.39, 0.29) is 11.4 Å². The van der Waals surface area contributed by atoms with Crippen molar-refractivity contribution in [2.45, 2.75) is 23.4 Å². The Morgan fingerprint density at radius 3 is 2.54 bits per heavy atom. The summed E-state index contributed by atoms with van der Waals surface area (Å²) in [6, 6.07) is 6.42. The molecule has 1 aliphatic heterocycles. The zero-order valence-electron chi connectivity index (χ0n) is 16.6. The van der Waals surface area contributed by atoms with Crippen molar-refractivity contribution in [3.8, 4) is 5.75 Å². The molecule has 2 aromatic rings. The number of hydrogen-bond donors (Lipinski definition) is 0. The van der Waals surface area contributed by atoms with Gasteiger partial charge in [-0.15, -0.1) is 5.10 Å². The van der Waals surface area contributed by atoms with Gasteiger partial charge in [0.15, 0.2) is 5.82 Å². The van der Waals surface area contributed by atoms with Gasteiger partial charge in [0.2, 0.25) is 10.0 Å². The van der Waals surface area contributed by atoms with E-state index in [0.717, 1.165) is 0 Å². The van der Waals surface area contributed by atoms with Gasteiger partial charge in [0.05, 0.1) is 30.7 Å². The van der Waals surface area contributed by atoms with E-state index in [4.69, 9.17) is 9.47 Å². The van der Waals surface area contributed by atoms with E-state index in [1.54, 1.807) is 43.2 Å². The summed E-state index contributed by atoms with van der Waals surface area (Å²) in [7, 11) is 3.35. The largest absolute Gasteiger partial charge is 0.497 e. The van der Waals surface area contributed by atoms with E-state index in [1.807, 2.05) is 19.0 Å². The predicted molar refractivity (Wildman–Crippen MR) is 101 cm³/mol. The third-order valence-corrected chi connectivity index (χ3v) is 7.08. The number of likely N-dealkylation sites (N-methyl/N-ethyl adjacent to an activating group) is 1. The number of ether oxygens (including phenoxy) is 2. The quantitative estimate of drug-likeness (QED) is 0.607. The maximum atomic E-state index is 13.2. The standard InChI is InChI=1S/C17H26N6O4S/c1-21(2)17(16-18-19-20-23(16)11-12-26-3)9-10-22(13-17)28(24,25)15-7-5-14(27-4)6-8-15/h5-8H,9-13H2,1-4H3. The summed E-state index contributed by atoms with van der Waals surface area (Å²) in [5.74, 6) is 1.25. The van der Waals surface area contributed by atoms with Crippen LogP contribution in [0.15, 0.2) is 29.2 Å². The van der Waals surface area contributed by atoms with E-state index >= 15 is 0 Å². The Morgan fingerprint density at radius 1 is 1.21 bits per heavy atom. The Balaban J connectivity index is 1.91. The fourth-order valence-corrected chi connectivity index (χ4v) is 4.97. The van der Waals surface area contributed by atoms with Crippen LogP contribution in [0.4, 0.5) is 0 Å². The first-order valence-electron chi connectivity index (χ1n) is 8.92. The van der Waals surface area contributed by atoms with Gasteiger partial charge in [-0.05, 0) is 55.2 Å². The number of aromatic nitrogens is 4. The normalized spacial score (nSPS) is 20.8. The molecule has 1 atom stereocenters. The Morgan fingerprint density at radius 2 is 1.93 bits per heavy atom. The second-order valence-electron chi connectivity index (χ2n) is 6.91. The van der Waals surface area contributed by atoms with Gasteiger partial charge in [-0.3, -0.25) is 4.90 Å². The van der Waals surface area contributed by atoms with Crippen molar-refractivity contribution in [3.63, 3.8) is 0 Å². The summed E-state index contributed by atoms with van der Waals surface area (Å²) < 4.78 is 39.7. The average Bonchev–Trinajstić information content (AvgIpc) is 3.34. The average molecular weight is 411 g/mol. The molecule has 0 aliphatic carbocycles. The molecule has 1 fully saturated rings. The summed E-state index contributed by atoms with van der Waals surface area (Å²) in [6.45, 7) is 1.61. The third-order valence-electron chi connectivity index (χ3n) is 5.22. The molecular weight excluding hydrogens is 384 g/mol. The molecular formula is C17H26N6O4S. The number of nitrogens with zero attached hydrogens (tertiary/aromatic N) is 6. The summed E-state index contributed by atoms with van der Waals surface area (Å²) in [6.07, 6.45) is 0.586.